The molecule has 76 valence electrons. The molecular formula is C9H19Br3. The number of hydrogen-bond donors (Lipinski definition) is 0. The highest BCUT2D eigenvalue weighted by Crippen LogP contribution is 1.96. The molecule has 0 aromatic rings. The average molecular weight is 367 g/mol. The lowest BCUT2D eigenvalue weighted by Gasteiger charge is -1.85. The molecule has 0 aliphatic carbocycles. The summed E-state index contributed by atoms with van der Waals surface area (Å²) >= 11 is 10.0. The van der Waals surface area contributed by atoms with Crippen LogP contribution in [0.25, 0.3) is 0 Å². The average Bonchev–Trinajstić information content (AvgIpc) is 2.12. The van der Waals surface area contributed by atoms with Crippen molar-refractivity contribution in [2.45, 2.75) is 39.0 Å². The van der Waals surface area contributed by atoms with Crippen molar-refractivity contribution >= 4 is 47.8 Å². The lowest BCUT2D eigenvalue weighted by molar-refractivity contribution is 0.781. The third-order valence-corrected chi connectivity index (χ3v) is 2.94. The second kappa shape index (κ2) is 18.3. The highest BCUT2D eigenvalue weighted by molar-refractivity contribution is 9.09. The molecule has 0 aliphatic heterocycles. The predicted octanol–water partition coefficient (Wildman–Crippen LogP) is 5.13. The minimum atomic E-state index is 1.14. The van der Waals surface area contributed by atoms with Gasteiger partial charge in [-0.05, 0) is 19.3 Å². The zero-order chi connectivity index (χ0) is 9.66. The zero-order valence-corrected chi connectivity index (χ0v) is 12.5. The molecule has 0 saturated heterocycles. The molecule has 0 N–H and O–H groups in total. The van der Waals surface area contributed by atoms with Gasteiger partial charge in [-0.3, -0.25) is 0 Å². The lowest BCUT2D eigenvalue weighted by Crippen LogP contribution is -1.73. The normalized spacial score (nSPS) is 9.00. The zero-order valence-electron chi connectivity index (χ0n) is 7.79. The molecule has 0 nitrogen and oxygen atoms in total. The van der Waals surface area contributed by atoms with E-state index in [9.17, 15) is 0 Å². The largest absolute Gasteiger partial charge is 0.0928 e. The monoisotopic (exact) mass is 364 g/mol. The Morgan fingerprint density at radius 3 is 1.17 bits per heavy atom. The molecule has 0 aromatic heterocycles. The Balaban J connectivity index is 0. The molecule has 0 bridgehead atoms. The first kappa shape index (κ1) is 15.9. The van der Waals surface area contributed by atoms with E-state index >= 15 is 0 Å². The Morgan fingerprint density at radius 2 is 1.00 bits per heavy atom. The fourth-order valence-electron chi connectivity index (χ4n) is 0.533. The fraction of sp³-hybridized carbons (Fsp3) is 1.00. The van der Waals surface area contributed by atoms with Gasteiger partial charge in [-0.1, -0.05) is 67.6 Å². The summed E-state index contributed by atoms with van der Waals surface area (Å²) in [4.78, 5) is 0. The van der Waals surface area contributed by atoms with Gasteiger partial charge in [0, 0.05) is 16.0 Å². The van der Waals surface area contributed by atoms with Crippen molar-refractivity contribution in [2.24, 2.45) is 0 Å². The van der Waals surface area contributed by atoms with Gasteiger partial charge in [-0.25, -0.2) is 0 Å². The van der Waals surface area contributed by atoms with Crippen LogP contribution in [0.3, 0.4) is 0 Å². The SMILES string of the molecule is BrCCCCBr.CCCCCBr. The number of alkyl halides is 3. The third-order valence-electron chi connectivity index (χ3n) is 1.25. The van der Waals surface area contributed by atoms with Gasteiger partial charge in [0.1, 0.15) is 0 Å². The van der Waals surface area contributed by atoms with Gasteiger partial charge in [0.05, 0.1) is 0 Å². The van der Waals surface area contributed by atoms with Crippen molar-refractivity contribution in [1.82, 2.24) is 0 Å². The third kappa shape index (κ3) is 22.5. The van der Waals surface area contributed by atoms with E-state index in [0.29, 0.717) is 0 Å². The molecule has 0 rings (SSSR count). The molecule has 12 heavy (non-hydrogen) atoms. The van der Waals surface area contributed by atoms with E-state index in [2.05, 4.69) is 54.7 Å². The van der Waals surface area contributed by atoms with Crippen LogP contribution in [0.5, 0.6) is 0 Å². The van der Waals surface area contributed by atoms with E-state index in [4.69, 9.17) is 0 Å². The highest BCUT2D eigenvalue weighted by Gasteiger charge is 1.77. The molecule has 0 atom stereocenters. The number of hydrogen-bond acceptors (Lipinski definition) is 0. The van der Waals surface area contributed by atoms with Crippen LogP contribution in [0, 0.1) is 0 Å². The van der Waals surface area contributed by atoms with Crippen molar-refractivity contribution in [1.29, 1.82) is 0 Å². The van der Waals surface area contributed by atoms with Crippen LogP contribution in [-0.2, 0) is 0 Å². The molecule has 3 heteroatoms. The maximum atomic E-state index is 3.35. The van der Waals surface area contributed by atoms with Crippen LogP contribution in [0.15, 0.2) is 0 Å². The first-order valence-electron chi connectivity index (χ1n) is 4.51. The standard InChI is InChI=1S/C5H11Br.C4H8Br2/c1-2-3-4-5-6;5-3-1-2-4-6/h2-5H2,1H3;1-4H2. The van der Waals surface area contributed by atoms with E-state index < -0.39 is 0 Å². The van der Waals surface area contributed by atoms with Crippen molar-refractivity contribution < 1.29 is 0 Å². The van der Waals surface area contributed by atoms with Crippen LogP contribution in [0.1, 0.15) is 39.0 Å². The number of unbranched alkanes of at least 4 members (excludes halogenated alkanes) is 3. The van der Waals surface area contributed by atoms with Crippen LogP contribution < -0.4 is 0 Å². The Hall–Kier alpha value is 1.44. The Morgan fingerprint density at radius 1 is 0.667 bits per heavy atom. The van der Waals surface area contributed by atoms with E-state index in [1.165, 1.54) is 37.4 Å². The molecular weight excluding hydrogens is 348 g/mol. The summed E-state index contributed by atoms with van der Waals surface area (Å²) in [6.45, 7) is 2.21. The molecule has 0 spiro atoms. The first-order chi connectivity index (χ1) is 5.83. The van der Waals surface area contributed by atoms with E-state index in [1.807, 2.05) is 0 Å². The first-order valence-corrected chi connectivity index (χ1v) is 7.87. The second-order valence-electron chi connectivity index (χ2n) is 2.48. The van der Waals surface area contributed by atoms with Gasteiger partial charge in [-0.15, -0.1) is 0 Å². The maximum absolute atomic E-state index is 3.35. The summed E-state index contributed by atoms with van der Waals surface area (Å²) < 4.78 is 0. The molecule has 0 unspecified atom stereocenters. The molecule has 0 aromatic carbocycles. The van der Waals surface area contributed by atoms with Gasteiger partial charge in [0.2, 0.25) is 0 Å². The van der Waals surface area contributed by atoms with E-state index in [1.54, 1.807) is 0 Å². The highest BCUT2D eigenvalue weighted by atomic mass is 79.9. The molecule has 0 fully saturated rings. The minimum absolute atomic E-state index is 1.14. The molecule has 0 heterocycles. The number of rotatable bonds is 6. The van der Waals surface area contributed by atoms with Crippen molar-refractivity contribution in [3.05, 3.63) is 0 Å². The topological polar surface area (TPSA) is 0 Å². The van der Waals surface area contributed by atoms with E-state index in [0.717, 1.165) is 10.7 Å². The second-order valence-corrected chi connectivity index (χ2v) is 4.86. The van der Waals surface area contributed by atoms with Crippen LogP contribution in [0.2, 0.25) is 0 Å². The summed E-state index contributed by atoms with van der Waals surface area (Å²) in [5, 5.41) is 3.44. The smallest absolute Gasteiger partial charge is 0.00315 e. The van der Waals surface area contributed by atoms with Gasteiger partial charge in [0.15, 0.2) is 0 Å². The Kier molecular flexibility index (Phi) is 24.2. The Bertz CT molecular complexity index is 41.7. The summed E-state index contributed by atoms with van der Waals surface area (Å²) in [6, 6.07) is 0. The lowest BCUT2D eigenvalue weighted by atomic mass is 10.3. The van der Waals surface area contributed by atoms with Gasteiger partial charge in [0.25, 0.3) is 0 Å². The minimum Gasteiger partial charge on any atom is -0.0928 e. The number of halogens is 3. The summed E-state index contributed by atoms with van der Waals surface area (Å²) in [7, 11) is 0. The predicted molar refractivity (Wildman–Crippen MR) is 70.1 cm³/mol. The quantitative estimate of drug-likeness (QED) is 0.451. The summed E-state index contributed by atoms with van der Waals surface area (Å²) in [6.07, 6.45) is 6.59. The fourth-order valence-corrected chi connectivity index (χ4v) is 1.72. The van der Waals surface area contributed by atoms with Crippen LogP contribution in [-0.4, -0.2) is 16.0 Å². The van der Waals surface area contributed by atoms with Gasteiger partial charge in [-0.2, -0.15) is 0 Å². The van der Waals surface area contributed by atoms with Gasteiger partial charge < -0.3 is 0 Å². The molecule has 0 amide bonds. The van der Waals surface area contributed by atoms with Crippen LogP contribution >= 0.6 is 47.8 Å². The van der Waals surface area contributed by atoms with Crippen molar-refractivity contribution in [2.75, 3.05) is 16.0 Å². The molecule has 0 saturated carbocycles. The van der Waals surface area contributed by atoms with E-state index in [-0.39, 0.29) is 0 Å². The molecule has 0 radical (unpaired) electrons. The van der Waals surface area contributed by atoms with Crippen molar-refractivity contribution in [3.8, 4) is 0 Å². The van der Waals surface area contributed by atoms with Gasteiger partial charge >= 0.3 is 0 Å². The Labute approximate surface area is 102 Å². The summed E-state index contributed by atoms with van der Waals surface area (Å²) in [5.41, 5.74) is 0. The molecule has 0 aliphatic rings. The summed E-state index contributed by atoms with van der Waals surface area (Å²) in [5.74, 6) is 0. The van der Waals surface area contributed by atoms with Crippen LogP contribution in [0.4, 0.5) is 0 Å². The maximum Gasteiger partial charge on any atom is 0.00315 e. The van der Waals surface area contributed by atoms with Crippen molar-refractivity contribution in [3.63, 3.8) is 0 Å².